The monoisotopic (exact) mass is 311 g/mol. The summed E-state index contributed by atoms with van der Waals surface area (Å²) in [5, 5.41) is 15.5. The third-order valence-electron chi connectivity index (χ3n) is 2.96. The van der Waals surface area contributed by atoms with Crippen molar-refractivity contribution in [1.82, 2.24) is 20.2 Å². The molecule has 3 rings (SSSR count). The topological polar surface area (TPSA) is 65.2 Å². The van der Waals surface area contributed by atoms with Gasteiger partial charge in [0.15, 0.2) is 0 Å². The summed E-state index contributed by atoms with van der Waals surface area (Å²) in [7, 11) is 1.73. The van der Waals surface area contributed by atoms with Crippen molar-refractivity contribution >= 4 is 17.5 Å². The standard InChI is InChI=1S/C12H11F2N5OS/c1-19-12(15-17-18-19)21-6-7-5-10(16-20-7)11-8(13)3-2-4-9(11)14/h2-4,7H,5-6H2,1H3/t7-/m0/s1. The minimum Gasteiger partial charge on any atom is -0.391 e. The van der Waals surface area contributed by atoms with Gasteiger partial charge in [-0.2, -0.15) is 0 Å². The Morgan fingerprint density at radius 2 is 2.14 bits per heavy atom. The minimum atomic E-state index is -0.636. The number of nitrogens with zero attached hydrogens (tertiary/aromatic N) is 5. The Balaban J connectivity index is 1.64. The second-order valence-corrected chi connectivity index (χ2v) is 5.45. The summed E-state index contributed by atoms with van der Waals surface area (Å²) in [6.45, 7) is 0. The molecule has 1 aliphatic rings. The van der Waals surface area contributed by atoms with Gasteiger partial charge in [0.2, 0.25) is 5.16 Å². The zero-order chi connectivity index (χ0) is 14.8. The summed E-state index contributed by atoms with van der Waals surface area (Å²) < 4.78 is 28.9. The molecule has 0 fully saturated rings. The largest absolute Gasteiger partial charge is 0.391 e. The van der Waals surface area contributed by atoms with E-state index in [0.717, 1.165) is 0 Å². The number of rotatable bonds is 4. The van der Waals surface area contributed by atoms with E-state index in [1.54, 1.807) is 7.05 Å². The fourth-order valence-electron chi connectivity index (χ4n) is 1.95. The molecule has 1 aromatic carbocycles. The highest BCUT2D eigenvalue weighted by Crippen LogP contribution is 2.25. The summed E-state index contributed by atoms with van der Waals surface area (Å²) in [5.74, 6) is -0.733. The molecule has 1 atom stereocenters. The summed E-state index contributed by atoms with van der Waals surface area (Å²) in [6.07, 6.45) is 0.0802. The van der Waals surface area contributed by atoms with Gasteiger partial charge < -0.3 is 4.84 Å². The Morgan fingerprint density at radius 3 is 2.81 bits per heavy atom. The first kappa shape index (κ1) is 13.9. The Hall–Kier alpha value is -2.03. The average molecular weight is 311 g/mol. The van der Waals surface area contributed by atoms with Crippen LogP contribution in [-0.2, 0) is 11.9 Å². The number of aromatic nitrogens is 4. The van der Waals surface area contributed by atoms with Crippen molar-refractivity contribution in [2.24, 2.45) is 12.2 Å². The Morgan fingerprint density at radius 1 is 1.38 bits per heavy atom. The molecule has 0 bridgehead atoms. The maximum absolute atomic E-state index is 13.7. The first-order chi connectivity index (χ1) is 10.1. The van der Waals surface area contributed by atoms with Gasteiger partial charge in [-0.3, -0.25) is 0 Å². The van der Waals surface area contributed by atoms with E-state index in [1.165, 1.54) is 34.6 Å². The molecule has 2 aromatic rings. The van der Waals surface area contributed by atoms with Gasteiger partial charge in [-0.25, -0.2) is 13.5 Å². The van der Waals surface area contributed by atoms with Crippen molar-refractivity contribution in [3.63, 3.8) is 0 Å². The highest BCUT2D eigenvalue weighted by molar-refractivity contribution is 7.99. The normalized spacial score (nSPS) is 17.7. The highest BCUT2D eigenvalue weighted by atomic mass is 32.2. The van der Waals surface area contributed by atoms with Gasteiger partial charge in [0.1, 0.15) is 17.7 Å². The van der Waals surface area contributed by atoms with Crippen LogP contribution in [0.25, 0.3) is 0 Å². The van der Waals surface area contributed by atoms with Crippen LogP contribution in [0, 0.1) is 11.6 Å². The van der Waals surface area contributed by atoms with E-state index in [0.29, 0.717) is 17.3 Å². The third kappa shape index (κ3) is 2.87. The van der Waals surface area contributed by atoms with Crippen LogP contribution in [0.15, 0.2) is 28.5 Å². The van der Waals surface area contributed by atoms with E-state index >= 15 is 0 Å². The van der Waals surface area contributed by atoms with Crippen molar-refractivity contribution < 1.29 is 13.6 Å². The Kier molecular flexibility index (Phi) is 3.82. The zero-order valence-electron chi connectivity index (χ0n) is 11.0. The summed E-state index contributed by atoms with van der Waals surface area (Å²) in [4.78, 5) is 5.22. The van der Waals surface area contributed by atoms with Crippen molar-refractivity contribution in [3.05, 3.63) is 35.4 Å². The third-order valence-corrected chi connectivity index (χ3v) is 4.11. The summed E-state index contributed by atoms with van der Waals surface area (Å²) >= 11 is 1.40. The lowest BCUT2D eigenvalue weighted by Gasteiger charge is -2.06. The highest BCUT2D eigenvalue weighted by Gasteiger charge is 2.26. The molecule has 0 radical (unpaired) electrons. The van der Waals surface area contributed by atoms with Crippen LogP contribution in [0.5, 0.6) is 0 Å². The van der Waals surface area contributed by atoms with Gasteiger partial charge in [0.05, 0.1) is 11.3 Å². The van der Waals surface area contributed by atoms with Crippen molar-refractivity contribution in [2.45, 2.75) is 17.7 Å². The summed E-state index contributed by atoms with van der Waals surface area (Å²) in [6, 6.07) is 3.72. The van der Waals surface area contributed by atoms with Crippen LogP contribution in [0.4, 0.5) is 8.78 Å². The van der Waals surface area contributed by atoms with Crippen molar-refractivity contribution in [3.8, 4) is 0 Å². The van der Waals surface area contributed by atoms with Crippen LogP contribution in [0.2, 0.25) is 0 Å². The predicted molar refractivity (Wildman–Crippen MR) is 71.9 cm³/mol. The Labute approximate surface area is 123 Å². The van der Waals surface area contributed by atoms with E-state index in [1.807, 2.05) is 0 Å². The van der Waals surface area contributed by atoms with Gasteiger partial charge in [-0.15, -0.1) is 5.10 Å². The van der Waals surface area contributed by atoms with Crippen LogP contribution < -0.4 is 0 Å². The predicted octanol–water partition coefficient (Wildman–Crippen LogP) is 1.77. The van der Waals surface area contributed by atoms with E-state index < -0.39 is 11.6 Å². The van der Waals surface area contributed by atoms with Crippen LogP contribution in [0.3, 0.4) is 0 Å². The molecule has 110 valence electrons. The molecule has 0 amide bonds. The maximum atomic E-state index is 13.7. The fraction of sp³-hybridized carbons (Fsp3) is 0.333. The van der Waals surface area contributed by atoms with Crippen LogP contribution in [0.1, 0.15) is 12.0 Å². The lowest BCUT2D eigenvalue weighted by Crippen LogP contribution is -2.13. The number of oxime groups is 1. The molecular formula is C12H11F2N5OS. The molecule has 2 heterocycles. The number of thioether (sulfide) groups is 1. The molecule has 6 nitrogen and oxygen atoms in total. The fourth-order valence-corrected chi connectivity index (χ4v) is 2.78. The van der Waals surface area contributed by atoms with Crippen LogP contribution in [-0.4, -0.2) is 37.8 Å². The van der Waals surface area contributed by atoms with Crippen LogP contribution >= 0.6 is 11.8 Å². The van der Waals surface area contributed by atoms with Crippen molar-refractivity contribution in [2.75, 3.05) is 5.75 Å². The molecule has 0 N–H and O–H groups in total. The first-order valence-electron chi connectivity index (χ1n) is 6.17. The number of benzene rings is 1. The maximum Gasteiger partial charge on any atom is 0.209 e. The molecule has 0 aliphatic carbocycles. The van der Waals surface area contributed by atoms with Gasteiger partial charge in [-0.1, -0.05) is 23.0 Å². The number of hydrogen-bond acceptors (Lipinski definition) is 6. The van der Waals surface area contributed by atoms with E-state index in [4.69, 9.17) is 4.84 Å². The lowest BCUT2D eigenvalue weighted by molar-refractivity contribution is 0.103. The van der Waals surface area contributed by atoms with E-state index in [-0.39, 0.29) is 17.4 Å². The quantitative estimate of drug-likeness (QED) is 0.805. The number of aryl methyl sites for hydroxylation is 1. The smallest absolute Gasteiger partial charge is 0.209 e. The molecule has 1 aliphatic heterocycles. The lowest BCUT2D eigenvalue weighted by atomic mass is 10.0. The van der Waals surface area contributed by atoms with Gasteiger partial charge in [0, 0.05) is 19.2 Å². The van der Waals surface area contributed by atoms with Gasteiger partial charge >= 0.3 is 0 Å². The van der Waals surface area contributed by atoms with E-state index in [9.17, 15) is 8.78 Å². The Bertz CT molecular complexity index is 670. The molecule has 21 heavy (non-hydrogen) atoms. The number of hydrogen-bond donors (Lipinski definition) is 0. The van der Waals surface area contributed by atoms with Crippen molar-refractivity contribution in [1.29, 1.82) is 0 Å². The molecule has 0 saturated heterocycles. The number of halogens is 2. The molecule has 0 unspecified atom stereocenters. The zero-order valence-corrected chi connectivity index (χ0v) is 11.8. The van der Waals surface area contributed by atoms with Gasteiger partial charge in [-0.05, 0) is 22.6 Å². The molecule has 1 aromatic heterocycles. The van der Waals surface area contributed by atoms with Gasteiger partial charge in [0.25, 0.3) is 0 Å². The number of tetrazole rings is 1. The molecule has 9 heteroatoms. The van der Waals surface area contributed by atoms with E-state index in [2.05, 4.69) is 20.7 Å². The second-order valence-electron chi connectivity index (χ2n) is 4.46. The first-order valence-corrected chi connectivity index (χ1v) is 7.16. The SMILES string of the molecule is Cn1nnnc1SC[C@@H]1CC(c2c(F)cccc2F)=NO1. The minimum absolute atomic E-state index is 0.120. The molecule has 0 spiro atoms. The summed E-state index contributed by atoms with van der Waals surface area (Å²) in [5.41, 5.74) is 0.164. The molecular weight excluding hydrogens is 300 g/mol. The second kappa shape index (κ2) is 5.76. The molecule has 0 saturated carbocycles. The average Bonchev–Trinajstić information content (AvgIpc) is 3.06.